The van der Waals surface area contributed by atoms with E-state index in [1.165, 1.54) is 19.3 Å². The number of benzene rings is 1. The molecule has 0 spiro atoms. The third-order valence-corrected chi connectivity index (χ3v) is 5.19. The number of nitrogens with zero attached hydrogens (tertiary/aromatic N) is 2. The van der Waals surface area contributed by atoms with Crippen molar-refractivity contribution in [1.29, 1.82) is 0 Å². The van der Waals surface area contributed by atoms with E-state index in [-0.39, 0.29) is 5.91 Å². The minimum atomic E-state index is -0.0839. The average Bonchev–Trinajstić information content (AvgIpc) is 2.84. The molecule has 1 fully saturated rings. The van der Waals surface area contributed by atoms with Gasteiger partial charge in [-0.2, -0.15) is 0 Å². The Hall–Kier alpha value is -3.41. The Morgan fingerprint density at radius 2 is 1.84 bits per heavy atom. The molecular weight excluding hydrogens is 400 g/mol. The fraction of sp³-hybridized carbons (Fsp3) is 0.346. The molecule has 6 nitrogen and oxygen atoms in total. The largest absolute Gasteiger partial charge is 0.387 e. The van der Waals surface area contributed by atoms with Crippen LogP contribution in [-0.2, 0) is 0 Å². The summed E-state index contributed by atoms with van der Waals surface area (Å²) in [6.07, 6.45) is 13.5. The van der Waals surface area contributed by atoms with Crippen molar-refractivity contribution < 1.29 is 9.59 Å². The van der Waals surface area contributed by atoms with Gasteiger partial charge < -0.3 is 15.5 Å². The number of nitrogens with one attached hydrogen (secondary N) is 2. The molecule has 1 saturated heterocycles. The zero-order valence-electron chi connectivity index (χ0n) is 19.5. The summed E-state index contributed by atoms with van der Waals surface area (Å²) in [6.45, 7) is 7.89. The lowest BCUT2D eigenvalue weighted by molar-refractivity contribution is 0.0967. The molecule has 1 amide bonds. The molecule has 1 aliphatic rings. The molecule has 1 aromatic heterocycles. The minimum Gasteiger partial charge on any atom is -0.387 e. The molecule has 0 atom stereocenters. The minimum absolute atomic E-state index is 0.0839. The summed E-state index contributed by atoms with van der Waals surface area (Å²) < 4.78 is 0. The van der Waals surface area contributed by atoms with Crippen LogP contribution in [0, 0.1) is 6.92 Å². The van der Waals surface area contributed by atoms with Crippen LogP contribution in [0.15, 0.2) is 60.6 Å². The molecule has 0 saturated carbocycles. The first kappa shape index (κ1) is 24.9. The van der Waals surface area contributed by atoms with Crippen molar-refractivity contribution in [3.8, 4) is 0 Å². The monoisotopic (exact) mass is 434 g/mol. The lowest BCUT2D eigenvalue weighted by atomic mass is 10.1. The van der Waals surface area contributed by atoms with Crippen LogP contribution in [0.25, 0.3) is 0 Å². The summed E-state index contributed by atoms with van der Waals surface area (Å²) in [6, 6.07) is 7.87. The zero-order chi connectivity index (χ0) is 23.3. The first-order valence-electron chi connectivity index (χ1n) is 11.1. The van der Waals surface area contributed by atoms with Gasteiger partial charge >= 0.3 is 0 Å². The second kappa shape index (κ2) is 13.1. The number of piperidine rings is 1. The number of carbonyl (C=O) groups excluding carboxylic acids is 2. The maximum absolute atomic E-state index is 12.7. The lowest BCUT2D eigenvalue weighted by Crippen LogP contribution is -2.30. The summed E-state index contributed by atoms with van der Waals surface area (Å²) in [5.74, 6) is -0.0839. The van der Waals surface area contributed by atoms with Gasteiger partial charge in [0.05, 0.1) is 5.56 Å². The quantitative estimate of drug-likeness (QED) is 0.487. The highest BCUT2D eigenvalue weighted by Crippen LogP contribution is 2.26. The van der Waals surface area contributed by atoms with Gasteiger partial charge in [0.1, 0.15) is 0 Å². The Bertz CT molecular complexity index is 960. The van der Waals surface area contributed by atoms with E-state index in [0.29, 0.717) is 11.1 Å². The van der Waals surface area contributed by atoms with Crippen molar-refractivity contribution in [2.24, 2.45) is 0 Å². The first-order valence-corrected chi connectivity index (χ1v) is 11.1. The number of aryl methyl sites for hydroxylation is 1. The average molecular weight is 435 g/mol. The van der Waals surface area contributed by atoms with Crippen molar-refractivity contribution in [2.75, 3.05) is 30.4 Å². The number of hydrogen-bond donors (Lipinski definition) is 2. The Balaban J connectivity index is 0.000000336. The van der Waals surface area contributed by atoms with Gasteiger partial charge in [-0.15, -0.1) is 0 Å². The normalized spacial score (nSPS) is 13.9. The van der Waals surface area contributed by atoms with E-state index in [1.54, 1.807) is 18.5 Å². The van der Waals surface area contributed by atoms with Gasteiger partial charge in [-0.25, -0.2) is 0 Å². The smallest absolute Gasteiger partial charge is 0.257 e. The van der Waals surface area contributed by atoms with Gasteiger partial charge in [0.25, 0.3) is 5.91 Å². The van der Waals surface area contributed by atoms with Crippen LogP contribution in [0.4, 0.5) is 11.4 Å². The first-order chi connectivity index (χ1) is 15.5. The molecule has 2 aromatic rings. The number of aromatic nitrogens is 1. The van der Waals surface area contributed by atoms with Crippen molar-refractivity contribution in [2.45, 2.75) is 40.0 Å². The van der Waals surface area contributed by atoms with Crippen LogP contribution in [-0.4, -0.2) is 37.3 Å². The number of aldehydes is 1. The summed E-state index contributed by atoms with van der Waals surface area (Å²) in [7, 11) is 1.84. The highest BCUT2D eigenvalue weighted by Gasteiger charge is 2.16. The Morgan fingerprint density at radius 1 is 1.09 bits per heavy atom. The summed E-state index contributed by atoms with van der Waals surface area (Å²) in [5.41, 5.74) is 5.11. The molecular formula is C26H34N4O2. The summed E-state index contributed by atoms with van der Waals surface area (Å²) >= 11 is 0. The van der Waals surface area contributed by atoms with Crippen molar-refractivity contribution in [1.82, 2.24) is 10.3 Å². The molecule has 2 heterocycles. The number of anilines is 2. The van der Waals surface area contributed by atoms with Crippen molar-refractivity contribution in [3.63, 3.8) is 0 Å². The Morgan fingerprint density at radius 3 is 2.41 bits per heavy atom. The Labute approximate surface area is 191 Å². The second-order valence-electron chi connectivity index (χ2n) is 7.64. The third-order valence-electron chi connectivity index (χ3n) is 5.19. The van der Waals surface area contributed by atoms with Crippen molar-refractivity contribution >= 4 is 23.6 Å². The van der Waals surface area contributed by atoms with Gasteiger partial charge in [0, 0.05) is 55.2 Å². The molecule has 3 rings (SSSR count). The Kier molecular flexibility index (Phi) is 10.2. The number of rotatable bonds is 6. The van der Waals surface area contributed by atoms with E-state index >= 15 is 0 Å². The molecule has 0 bridgehead atoms. The van der Waals surface area contributed by atoms with Gasteiger partial charge in [0.2, 0.25) is 0 Å². The van der Waals surface area contributed by atoms with Crippen LogP contribution in [0.3, 0.4) is 0 Å². The van der Waals surface area contributed by atoms with Gasteiger partial charge in [0.15, 0.2) is 6.29 Å². The number of hydrogen-bond acceptors (Lipinski definition) is 5. The van der Waals surface area contributed by atoms with Gasteiger partial charge in [-0.05, 0) is 75.9 Å². The number of carbonyl (C=O) groups is 2. The highest BCUT2D eigenvalue weighted by molar-refractivity contribution is 6.01. The predicted molar refractivity (Wildman–Crippen MR) is 132 cm³/mol. The molecule has 2 N–H and O–H groups in total. The van der Waals surface area contributed by atoms with Crippen LogP contribution in [0.1, 0.15) is 59.4 Å². The van der Waals surface area contributed by atoms with E-state index in [0.717, 1.165) is 42.0 Å². The zero-order valence-corrected chi connectivity index (χ0v) is 19.5. The summed E-state index contributed by atoms with van der Waals surface area (Å²) in [4.78, 5) is 29.0. The van der Waals surface area contributed by atoms with Crippen LogP contribution < -0.4 is 15.5 Å². The second-order valence-corrected chi connectivity index (χ2v) is 7.64. The van der Waals surface area contributed by atoms with E-state index in [9.17, 15) is 9.59 Å². The standard InChI is InChI=1S/C19H27N3O.C7H7NO/c1-4-9-15(5-2)21-19(23)17-14-16(10-11-18(17)20-3)22-12-7-6-8-13-22;1-6-2-7(5-9)4-8-3-6/h4-5,9-11,14,20H,6-8,12-13H2,1-3H3,(H,21,23);2-5H,1H3/b9-4-,15-5+;. The molecule has 32 heavy (non-hydrogen) atoms. The molecule has 170 valence electrons. The molecule has 1 aromatic carbocycles. The predicted octanol–water partition coefficient (Wildman–Crippen LogP) is 5.13. The van der Waals surface area contributed by atoms with Gasteiger partial charge in [-0.3, -0.25) is 14.6 Å². The fourth-order valence-electron chi connectivity index (χ4n) is 3.52. The topological polar surface area (TPSA) is 74.3 Å². The van der Waals surface area contributed by atoms with E-state index < -0.39 is 0 Å². The number of amides is 1. The summed E-state index contributed by atoms with van der Waals surface area (Å²) in [5, 5.41) is 6.08. The number of pyridine rings is 1. The van der Waals surface area contributed by atoms with E-state index in [4.69, 9.17) is 0 Å². The number of allylic oxidation sites excluding steroid dienone is 3. The third kappa shape index (κ3) is 7.38. The maximum Gasteiger partial charge on any atom is 0.257 e. The molecule has 1 aliphatic heterocycles. The van der Waals surface area contributed by atoms with E-state index in [1.807, 2.05) is 58.2 Å². The SMILES string of the molecule is C/C=C\C(=C/C)NC(=O)c1cc(N2CCCCC2)ccc1NC.Cc1cncc(C=O)c1. The van der Waals surface area contributed by atoms with Crippen LogP contribution in [0.2, 0.25) is 0 Å². The molecule has 0 aliphatic carbocycles. The van der Waals surface area contributed by atoms with Crippen LogP contribution >= 0.6 is 0 Å². The maximum atomic E-state index is 12.7. The fourth-order valence-corrected chi connectivity index (χ4v) is 3.52. The molecule has 0 unspecified atom stereocenters. The van der Waals surface area contributed by atoms with Crippen LogP contribution in [0.5, 0.6) is 0 Å². The molecule has 6 heteroatoms. The highest BCUT2D eigenvalue weighted by atomic mass is 16.1. The molecule has 0 radical (unpaired) electrons. The van der Waals surface area contributed by atoms with Gasteiger partial charge in [-0.1, -0.05) is 12.2 Å². The van der Waals surface area contributed by atoms with E-state index in [2.05, 4.69) is 26.6 Å². The lowest BCUT2D eigenvalue weighted by Gasteiger charge is -2.29. The van der Waals surface area contributed by atoms with Crippen molar-refractivity contribution in [3.05, 3.63) is 77.3 Å².